The molecule has 5 rings (SSSR count). The number of nitrogens with one attached hydrogen (secondary N) is 4. The Kier molecular flexibility index (Phi) is 15.2. The van der Waals surface area contributed by atoms with Gasteiger partial charge in [0.1, 0.15) is 11.4 Å². The Morgan fingerprint density at radius 1 is 0.517 bits per heavy atom. The van der Waals surface area contributed by atoms with Crippen molar-refractivity contribution in [1.82, 2.24) is 0 Å². The molecule has 0 heterocycles. The Morgan fingerprint density at radius 3 is 1.22 bits per heavy atom. The molecule has 4 N–H and O–H groups in total. The number of carbonyl (C=O) groups is 6. The molecule has 14 nitrogen and oxygen atoms in total. The van der Waals surface area contributed by atoms with Crippen LogP contribution in [0.4, 0.5) is 34.1 Å². The third-order valence-corrected chi connectivity index (χ3v) is 9.74. The monoisotopic (exact) mass is 846 g/mol. The Bertz CT molecular complexity index is 2320. The summed E-state index contributed by atoms with van der Waals surface area (Å²) in [5.41, 5.74) is 3.42. The van der Waals surface area contributed by atoms with Crippen molar-refractivity contribution in [2.24, 2.45) is 20.5 Å². The van der Waals surface area contributed by atoms with Crippen LogP contribution in [0.5, 0.6) is 0 Å². The first-order valence-corrected chi connectivity index (χ1v) is 19.5. The standard InChI is InChI=1S/C44H40Cl2N8O6/c1-5-27-23-36(50-44(60)40(26(4)56)54-52-34-22-14-20-32(38(34)46)42(58)48-30-17-11-8-12-18-30)28(6-2)24-35(27)49-43(59)39(25(3)55)53-51-33-21-13-19-31(37(33)45)41(57)47-29-15-9-7-10-16-29/h7-24,39-40H,5-6H2,1-4H3,(H,47,57)(H,48,58)(H,49,59)(H,50,60). The summed E-state index contributed by atoms with van der Waals surface area (Å²) in [6.45, 7) is 6.05. The number of azo groups is 2. The summed E-state index contributed by atoms with van der Waals surface area (Å²) in [5.74, 6) is -3.72. The fraction of sp³-hybridized carbons (Fsp3) is 0.182. The molecule has 5 aromatic carbocycles. The van der Waals surface area contributed by atoms with E-state index >= 15 is 0 Å². The first-order valence-electron chi connectivity index (χ1n) is 18.7. The number of ketones is 2. The summed E-state index contributed by atoms with van der Waals surface area (Å²) < 4.78 is 0. The molecule has 306 valence electrons. The molecule has 0 aliphatic rings. The Balaban J connectivity index is 1.31. The predicted octanol–water partition coefficient (Wildman–Crippen LogP) is 9.98. The number of rotatable bonds is 16. The molecule has 0 saturated heterocycles. The largest absolute Gasteiger partial charge is 0.323 e. The highest BCUT2D eigenvalue weighted by Gasteiger charge is 2.27. The molecule has 60 heavy (non-hydrogen) atoms. The van der Waals surface area contributed by atoms with Crippen LogP contribution >= 0.6 is 23.2 Å². The maximum absolute atomic E-state index is 13.5. The number of para-hydroxylation sites is 2. The Morgan fingerprint density at radius 2 is 0.883 bits per heavy atom. The van der Waals surface area contributed by atoms with E-state index in [9.17, 15) is 28.8 Å². The lowest BCUT2D eigenvalue weighted by molar-refractivity contribution is -0.127. The molecule has 2 unspecified atom stereocenters. The Labute approximate surface area is 355 Å². The first-order chi connectivity index (χ1) is 28.8. The molecule has 2 atom stereocenters. The van der Waals surface area contributed by atoms with Gasteiger partial charge >= 0.3 is 0 Å². The lowest BCUT2D eigenvalue weighted by atomic mass is 10.0. The van der Waals surface area contributed by atoms with Crippen LogP contribution in [0.1, 0.15) is 59.5 Å². The summed E-state index contributed by atoms with van der Waals surface area (Å²) >= 11 is 13.0. The van der Waals surface area contributed by atoms with Crippen LogP contribution in [0, 0.1) is 0 Å². The maximum atomic E-state index is 13.5. The number of hydrogen-bond donors (Lipinski definition) is 4. The minimum atomic E-state index is -1.56. The highest BCUT2D eigenvalue weighted by atomic mass is 35.5. The zero-order valence-electron chi connectivity index (χ0n) is 33.0. The fourth-order valence-corrected chi connectivity index (χ4v) is 6.27. The van der Waals surface area contributed by atoms with Gasteiger partial charge in [-0.3, -0.25) is 28.8 Å². The van der Waals surface area contributed by atoms with Crippen LogP contribution in [0.2, 0.25) is 10.0 Å². The molecule has 4 amide bonds. The topological polar surface area (TPSA) is 200 Å². The second-order valence-electron chi connectivity index (χ2n) is 13.2. The molecule has 0 aliphatic heterocycles. The van der Waals surface area contributed by atoms with Gasteiger partial charge in [-0.2, -0.15) is 20.5 Å². The van der Waals surface area contributed by atoms with Crippen molar-refractivity contribution < 1.29 is 28.8 Å². The van der Waals surface area contributed by atoms with Crippen LogP contribution in [0.15, 0.2) is 130 Å². The van der Waals surface area contributed by atoms with E-state index in [0.717, 1.165) is 0 Å². The number of anilines is 4. The number of hydrogen-bond acceptors (Lipinski definition) is 10. The molecule has 5 aromatic rings. The van der Waals surface area contributed by atoms with E-state index in [-0.39, 0.29) is 32.5 Å². The Hall–Kier alpha value is -6.90. The van der Waals surface area contributed by atoms with E-state index < -0.39 is 47.3 Å². The normalized spacial score (nSPS) is 12.1. The first kappa shape index (κ1) is 44.2. The molecule has 0 fully saturated rings. The van der Waals surface area contributed by atoms with Crippen molar-refractivity contribution in [3.63, 3.8) is 0 Å². The van der Waals surface area contributed by atoms with Crippen LogP contribution in [0.3, 0.4) is 0 Å². The number of halogens is 2. The lowest BCUT2D eigenvalue weighted by Crippen LogP contribution is -2.33. The molecule has 0 bridgehead atoms. The summed E-state index contributed by atoms with van der Waals surface area (Å²) in [6, 6.07) is 26.9. The molecule has 16 heteroatoms. The van der Waals surface area contributed by atoms with E-state index in [1.165, 1.54) is 38.1 Å². The van der Waals surface area contributed by atoms with Crippen molar-refractivity contribution >= 4 is 92.5 Å². The lowest BCUT2D eigenvalue weighted by Gasteiger charge is -2.18. The number of carbonyl (C=O) groups excluding carboxylic acids is 6. The third kappa shape index (κ3) is 11.2. The molecular formula is C44H40Cl2N8O6. The highest BCUT2D eigenvalue weighted by Crippen LogP contribution is 2.32. The van der Waals surface area contributed by atoms with Gasteiger partial charge in [0.05, 0.1) is 21.2 Å². The highest BCUT2D eigenvalue weighted by molar-refractivity contribution is 6.37. The summed E-state index contributed by atoms with van der Waals surface area (Å²) in [4.78, 5) is 78.3. The van der Waals surface area contributed by atoms with Crippen LogP contribution in [-0.4, -0.2) is 47.3 Å². The number of nitrogens with zero attached hydrogens (tertiary/aromatic N) is 4. The van der Waals surface area contributed by atoms with Gasteiger partial charge in [-0.15, -0.1) is 0 Å². The molecule has 0 saturated carbocycles. The number of amides is 4. The number of benzene rings is 5. The quantitative estimate of drug-likeness (QED) is 0.0562. The van der Waals surface area contributed by atoms with E-state index in [1.54, 1.807) is 72.8 Å². The van der Waals surface area contributed by atoms with Gasteiger partial charge in [0.15, 0.2) is 11.6 Å². The van der Waals surface area contributed by atoms with Gasteiger partial charge in [0, 0.05) is 22.7 Å². The van der Waals surface area contributed by atoms with Gasteiger partial charge < -0.3 is 21.3 Å². The second kappa shape index (κ2) is 20.7. The van der Waals surface area contributed by atoms with Crippen LogP contribution in [-0.2, 0) is 32.0 Å². The smallest absolute Gasteiger partial charge is 0.258 e. The second-order valence-corrected chi connectivity index (χ2v) is 14.0. The minimum Gasteiger partial charge on any atom is -0.323 e. The van der Waals surface area contributed by atoms with Crippen LogP contribution < -0.4 is 21.3 Å². The van der Waals surface area contributed by atoms with E-state index in [1.807, 2.05) is 26.0 Å². The van der Waals surface area contributed by atoms with E-state index in [4.69, 9.17) is 23.2 Å². The minimum absolute atomic E-state index is 0.0223. The van der Waals surface area contributed by atoms with E-state index in [0.29, 0.717) is 46.7 Å². The molecular weight excluding hydrogens is 807 g/mol. The van der Waals surface area contributed by atoms with E-state index in [2.05, 4.69) is 41.7 Å². The summed E-state index contributed by atoms with van der Waals surface area (Å²) in [5, 5.41) is 27.2. The molecule has 0 aliphatic carbocycles. The van der Waals surface area contributed by atoms with Crippen molar-refractivity contribution in [3.8, 4) is 0 Å². The predicted molar refractivity (Wildman–Crippen MR) is 232 cm³/mol. The SMILES string of the molecule is CCc1cc(NC(=O)C(N=Nc2cccc(C(=O)Nc3ccccc3)c2Cl)C(C)=O)c(CC)cc1NC(=O)C(N=Nc1cccc(C(=O)Nc2ccccc2)c1Cl)C(C)=O. The van der Waals surface area contributed by atoms with Crippen molar-refractivity contribution in [2.45, 2.75) is 52.6 Å². The van der Waals surface area contributed by atoms with Crippen molar-refractivity contribution in [1.29, 1.82) is 0 Å². The van der Waals surface area contributed by atoms with Gasteiger partial charge in [-0.25, -0.2) is 0 Å². The zero-order chi connectivity index (χ0) is 43.3. The molecule has 0 aromatic heterocycles. The van der Waals surface area contributed by atoms with Gasteiger partial charge in [0.25, 0.3) is 23.6 Å². The average molecular weight is 848 g/mol. The third-order valence-electron chi connectivity index (χ3n) is 8.94. The molecule has 0 spiro atoms. The van der Waals surface area contributed by atoms with Gasteiger partial charge in [0.2, 0.25) is 12.1 Å². The maximum Gasteiger partial charge on any atom is 0.258 e. The zero-order valence-corrected chi connectivity index (χ0v) is 34.5. The summed E-state index contributed by atoms with van der Waals surface area (Å²) in [7, 11) is 0. The fourth-order valence-electron chi connectivity index (χ4n) is 5.77. The molecule has 0 radical (unpaired) electrons. The number of aryl methyl sites for hydroxylation is 2. The number of Topliss-reactive ketones (excluding diaryl/α,β-unsaturated/α-hetero) is 2. The summed E-state index contributed by atoms with van der Waals surface area (Å²) in [6.07, 6.45) is 0.787. The van der Waals surface area contributed by atoms with Crippen LogP contribution in [0.25, 0.3) is 0 Å². The van der Waals surface area contributed by atoms with Crippen molar-refractivity contribution in [2.75, 3.05) is 21.3 Å². The van der Waals surface area contributed by atoms with Gasteiger partial charge in [-0.05, 0) is 98.5 Å². The average Bonchev–Trinajstić information content (AvgIpc) is 3.22. The van der Waals surface area contributed by atoms with Crippen molar-refractivity contribution in [3.05, 3.63) is 141 Å². The van der Waals surface area contributed by atoms with Gasteiger partial charge in [-0.1, -0.05) is 85.6 Å².